The van der Waals surface area contributed by atoms with Crippen molar-refractivity contribution < 1.29 is 23.9 Å². The second-order valence-electron chi connectivity index (χ2n) is 11.4. The number of hydrogen-bond donors (Lipinski definition) is 2. The molecule has 1 heterocycles. The SMILES string of the molecule is CCC[C@](Cc1cn(C(=O)OCc2ccccc2)c2ccccc12)(NC(=O)OCc1ccccc1)C(=O)N[C@@H](C)c1ccccc1. The first-order valence-corrected chi connectivity index (χ1v) is 15.5. The summed E-state index contributed by atoms with van der Waals surface area (Å²) in [4.78, 5) is 41.0. The topological polar surface area (TPSA) is 98.7 Å². The van der Waals surface area contributed by atoms with E-state index in [9.17, 15) is 14.4 Å². The Morgan fingerprint density at radius 2 is 1.33 bits per heavy atom. The first-order chi connectivity index (χ1) is 22.4. The molecule has 8 heteroatoms. The lowest BCUT2D eigenvalue weighted by Crippen LogP contribution is -2.60. The Labute approximate surface area is 269 Å². The van der Waals surface area contributed by atoms with E-state index in [2.05, 4.69) is 10.6 Å². The van der Waals surface area contributed by atoms with Gasteiger partial charge in [-0.25, -0.2) is 9.59 Å². The van der Waals surface area contributed by atoms with Gasteiger partial charge in [0.25, 0.3) is 0 Å². The average Bonchev–Trinajstić information content (AvgIpc) is 3.45. The molecule has 2 atom stereocenters. The molecule has 0 unspecified atom stereocenters. The summed E-state index contributed by atoms with van der Waals surface area (Å²) in [6, 6.07) is 35.6. The molecule has 0 saturated heterocycles. The number of nitrogens with zero attached hydrogens (tertiary/aromatic N) is 1. The van der Waals surface area contributed by atoms with Gasteiger partial charge in [0.1, 0.15) is 18.8 Å². The summed E-state index contributed by atoms with van der Waals surface area (Å²) < 4.78 is 12.7. The summed E-state index contributed by atoms with van der Waals surface area (Å²) in [5, 5.41) is 6.87. The van der Waals surface area contributed by atoms with Gasteiger partial charge in [-0.15, -0.1) is 0 Å². The molecule has 8 nitrogen and oxygen atoms in total. The number of nitrogens with one attached hydrogen (secondary N) is 2. The first-order valence-electron chi connectivity index (χ1n) is 15.5. The van der Waals surface area contributed by atoms with Crippen molar-refractivity contribution in [3.63, 3.8) is 0 Å². The van der Waals surface area contributed by atoms with E-state index in [1.807, 2.05) is 129 Å². The smallest absolute Gasteiger partial charge is 0.418 e. The number of hydrogen-bond acceptors (Lipinski definition) is 5. The number of ether oxygens (including phenoxy) is 2. The molecule has 46 heavy (non-hydrogen) atoms. The lowest BCUT2D eigenvalue weighted by Gasteiger charge is -2.34. The lowest BCUT2D eigenvalue weighted by atomic mass is 9.85. The van der Waals surface area contributed by atoms with Gasteiger partial charge >= 0.3 is 12.2 Å². The van der Waals surface area contributed by atoms with Gasteiger partial charge in [-0.3, -0.25) is 9.36 Å². The van der Waals surface area contributed by atoms with Crippen LogP contribution in [0.3, 0.4) is 0 Å². The van der Waals surface area contributed by atoms with E-state index in [-0.39, 0.29) is 31.6 Å². The van der Waals surface area contributed by atoms with E-state index >= 15 is 0 Å². The minimum absolute atomic E-state index is 0.0590. The minimum atomic E-state index is -1.38. The van der Waals surface area contributed by atoms with Crippen LogP contribution in [0.5, 0.6) is 0 Å². The second-order valence-corrected chi connectivity index (χ2v) is 11.4. The predicted molar refractivity (Wildman–Crippen MR) is 178 cm³/mol. The van der Waals surface area contributed by atoms with Gasteiger partial charge < -0.3 is 20.1 Å². The number of carbonyl (C=O) groups is 3. The maximum absolute atomic E-state index is 14.3. The molecule has 0 aliphatic heterocycles. The Hall–Kier alpha value is -5.37. The summed E-state index contributed by atoms with van der Waals surface area (Å²) in [7, 11) is 0. The zero-order valence-corrected chi connectivity index (χ0v) is 26.1. The maximum atomic E-state index is 14.3. The molecule has 2 amide bonds. The highest BCUT2D eigenvalue weighted by Gasteiger charge is 2.41. The van der Waals surface area contributed by atoms with Gasteiger partial charge in [-0.05, 0) is 41.7 Å². The van der Waals surface area contributed by atoms with Crippen molar-refractivity contribution in [2.24, 2.45) is 0 Å². The van der Waals surface area contributed by atoms with Crippen LogP contribution in [-0.2, 0) is 33.9 Å². The summed E-state index contributed by atoms with van der Waals surface area (Å²) in [6.45, 7) is 4.05. The van der Waals surface area contributed by atoms with Gasteiger partial charge in [-0.1, -0.05) is 123 Å². The fraction of sp³-hybridized carbons (Fsp3) is 0.237. The third-order valence-corrected chi connectivity index (χ3v) is 8.00. The van der Waals surface area contributed by atoms with E-state index in [0.717, 1.165) is 22.1 Å². The number of amides is 2. The molecule has 0 bridgehead atoms. The molecule has 0 radical (unpaired) electrons. The summed E-state index contributed by atoms with van der Waals surface area (Å²) in [6.07, 6.45) is 1.51. The Bertz CT molecular complexity index is 1760. The van der Waals surface area contributed by atoms with Crippen LogP contribution in [0.25, 0.3) is 10.9 Å². The molecule has 5 rings (SSSR count). The number of aromatic nitrogens is 1. The van der Waals surface area contributed by atoms with Gasteiger partial charge in [0, 0.05) is 18.0 Å². The van der Waals surface area contributed by atoms with Crippen LogP contribution in [0, 0.1) is 0 Å². The van der Waals surface area contributed by atoms with Crippen LogP contribution < -0.4 is 10.6 Å². The van der Waals surface area contributed by atoms with Crippen LogP contribution in [0.4, 0.5) is 9.59 Å². The van der Waals surface area contributed by atoms with Crippen LogP contribution in [0.15, 0.2) is 121 Å². The van der Waals surface area contributed by atoms with E-state index < -0.39 is 17.7 Å². The van der Waals surface area contributed by atoms with Gasteiger partial charge in [0.15, 0.2) is 0 Å². The van der Waals surface area contributed by atoms with Crippen molar-refractivity contribution in [2.75, 3.05) is 0 Å². The van der Waals surface area contributed by atoms with Gasteiger partial charge in [-0.2, -0.15) is 0 Å². The molecule has 4 aromatic carbocycles. The van der Waals surface area contributed by atoms with E-state index in [0.29, 0.717) is 23.9 Å². The molecule has 1 aromatic heterocycles. The number of benzene rings is 4. The zero-order valence-electron chi connectivity index (χ0n) is 26.1. The first kappa shape index (κ1) is 32.0. The monoisotopic (exact) mass is 617 g/mol. The summed E-state index contributed by atoms with van der Waals surface area (Å²) >= 11 is 0. The molecule has 2 N–H and O–H groups in total. The number of para-hydroxylation sites is 1. The molecule has 0 saturated carbocycles. The Morgan fingerprint density at radius 3 is 1.96 bits per heavy atom. The second kappa shape index (κ2) is 15.1. The Morgan fingerprint density at radius 1 is 0.761 bits per heavy atom. The quantitative estimate of drug-likeness (QED) is 0.149. The Kier molecular flexibility index (Phi) is 10.5. The molecule has 5 aromatic rings. The summed E-state index contributed by atoms with van der Waals surface area (Å²) in [5.41, 5.74) is 2.62. The molecule has 0 aliphatic carbocycles. The van der Waals surface area contributed by atoms with Crippen LogP contribution in [0.2, 0.25) is 0 Å². The van der Waals surface area contributed by atoms with Crippen LogP contribution in [0.1, 0.15) is 55.0 Å². The normalized spacial score (nSPS) is 12.9. The number of rotatable bonds is 12. The summed E-state index contributed by atoms with van der Waals surface area (Å²) in [5.74, 6) is -0.342. The highest BCUT2D eigenvalue weighted by Crippen LogP contribution is 2.29. The largest absolute Gasteiger partial charge is 0.445 e. The van der Waals surface area contributed by atoms with Gasteiger partial charge in [0.05, 0.1) is 11.6 Å². The van der Waals surface area contributed by atoms with Gasteiger partial charge in [0.2, 0.25) is 5.91 Å². The third kappa shape index (κ3) is 7.82. The van der Waals surface area contributed by atoms with Crippen molar-refractivity contribution in [3.05, 3.63) is 144 Å². The van der Waals surface area contributed by atoms with Crippen LogP contribution in [-0.4, -0.2) is 28.2 Å². The zero-order chi connectivity index (χ0) is 32.4. The third-order valence-electron chi connectivity index (χ3n) is 8.00. The van der Waals surface area contributed by atoms with E-state index in [1.165, 1.54) is 4.57 Å². The van der Waals surface area contributed by atoms with E-state index in [1.54, 1.807) is 6.20 Å². The molecule has 0 aliphatic rings. The van der Waals surface area contributed by atoms with E-state index in [4.69, 9.17) is 9.47 Å². The standard InChI is InChI=1S/C38H39N3O5/c1-3-23-38(35(42)39-28(2)31-19-11-6-12-20-31,40-36(43)45-26-29-15-7-4-8-16-29)24-32-25-41(34-22-14-13-21-33(32)34)37(44)46-27-30-17-9-5-10-18-30/h4-22,25,28H,3,23-24,26-27H2,1-2H3,(H,39,42)(H,40,43)/t28-,38+/m0/s1. The average molecular weight is 618 g/mol. The highest BCUT2D eigenvalue weighted by atomic mass is 16.6. The highest BCUT2D eigenvalue weighted by molar-refractivity contribution is 5.94. The number of fused-ring (bicyclic) bond motifs is 1. The molecule has 0 fully saturated rings. The molecular formula is C38H39N3O5. The van der Waals surface area contributed by atoms with Crippen LogP contribution >= 0.6 is 0 Å². The lowest BCUT2D eigenvalue weighted by molar-refractivity contribution is -0.128. The van der Waals surface area contributed by atoms with Crippen molar-refractivity contribution in [1.82, 2.24) is 15.2 Å². The number of alkyl carbamates (subject to hydrolysis) is 1. The van der Waals surface area contributed by atoms with Crippen molar-refractivity contribution in [3.8, 4) is 0 Å². The van der Waals surface area contributed by atoms with Crippen molar-refractivity contribution >= 4 is 29.0 Å². The number of carbonyl (C=O) groups excluding carboxylic acids is 3. The molecule has 0 spiro atoms. The predicted octanol–water partition coefficient (Wildman–Crippen LogP) is 7.71. The maximum Gasteiger partial charge on any atom is 0.418 e. The minimum Gasteiger partial charge on any atom is -0.445 e. The molecular weight excluding hydrogens is 578 g/mol. The molecule has 236 valence electrons. The Balaban J connectivity index is 1.46. The fourth-order valence-corrected chi connectivity index (χ4v) is 5.64. The van der Waals surface area contributed by atoms with Crippen molar-refractivity contribution in [1.29, 1.82) is 0 Å². The fourth-order valence-electron chi connectivity index (χ4n) is 5.64. The van der Waals surface area contributed by atoms with Crippen molar-refractivity contribution in [2.45, 2.75) is 57.9 Å².